The van der Waals surface area contributed by atoms with E-state index in [1.165, 1.54) is 5.56 Å². The second-order valence-electron chi connectivity index (χ2n) is 7.66. The zero-order valence-electron chi connectivity index (χ0n) is 16.1. The van der Waals surface area contributed by atoms with Crippen molar-refractivity contribution in [3.63, 3.8) is 0 Å². The third kappa shape index (κ3) is 4.25. The van der Waals surface area contributed by atoms with Crippen LogP contribution in [0.1, 0.15) is 30.4 Å². The van der Waals surface area contributed by atoms with Crippen molar-refractivity contribution in [2.24, 2.45) is 5.92 Å². The van der Waals surface area contributed by atoms with Crippen molar-refractivity contribution in [1.82, 2.24) is 5.32 Å². The average molecular weight is 377 g/mol. The Hall–Kier alpha value is -2.66. The van der Waals surface area contributed by atoms with Crippen molar-refractivity contribution < 1.29 is 9.59 Å². The van der Waals surface area contributed by atoms with Gasteiger partial charge in [-0.3, -0.25) is 9.59 Å². The molecular weight excluding hydrogens is 350 g/mol. The number of para-hydroxylation sites is 1. The molecule has 2 aromatic carbocycles. The molecule has 2 aromatic rings. The second-order valence-corrected chi connectivity index (χ2v) is 7.66. The Labute approximate surface area is 166 Å². The number of carbonyl (C=O) groups excluding carboxylic acids is 2. The molecule has 0 atom stereocenters. The van der Waals surface area contributed by atoms with E-state index in [0.29, 0.717) is 6.42 Å². The maximum atomic E-state index is 12.8. The maximum absolute atomic E-state index is 12.8. The number of piperidine rings is 1. The highest BCUT2D eigenvalue weighted by Gasteiger charge is 2.23. The highest BCUT2D eigenvalue weighted by atomic mass is 16.2. The summed E-state index contributed by atoms with van der Waals surface area (Å²) in [4.78, 5) is 27.1. The second kappa shape index (κ2) is 8.57. The Balaban J connectivity index is 1.37. The fourth-order valence-corrected chi connectivity index (χ4v) is 4.10. The van der Waals surface area contributed by atoms with Gasteiger partial charge in [0.15, 0.2) is 0 Å². The molecule has 1 fully saturated rings. The molecule has 0 saturated carbocycles. The SMILES string of the molecule is O=C(Nc1ccc(CC(=O)N2CCCc3ccccc32)cc1)C1CCNCC1. The molecule has 0 radical (unpaired) electrons. The summed E-state index contributed by atoms with van der Waals surface area (Å²) >= 11 is 0. The predicted octanol–water partition coefficient (Wildman–Crippen LogP) is 3.15. The molecule has 0 unspecified atom stereocenters. The lowest BCUT2D eigenvalue weighted by Gasteiger charge is -2.29. The van der Waals surface area contributed by atoms with Gasteiger partial charge in [0.2, 0.25) is 11.8 Å². The zero-order valence-corrected chi connectivity index (χ0v) is 16.1. The van der Waals surface area contributed by atoms with Crippen LogP contribution in [0.3, 0.4) is 0 Å². The predicted molar refractivity (Wildman–Crippen MR) is 111 cm³/mol. The van der Waals surface area contributed by atoms with Gasteiger partial charge >= 0.3 is 0 Å². The Morgan fingerprint density at radius 3 is 2.57 bits per heavy atom. The minimum atomic E-state index is 0.0849. The molecular formula is C23H27N3O2. The van der Waals surface area contributed by atoms with Gasteiger partial charge in [-0.25, -0.2) is 0 Å². The summed E-state index contributed by atoms with van der Waals surface area (Å²) in [5.74, 6) is 0.301. The molecule has 2 N–H and O–H groups in total. The Kier molecular flexibility index (Phi) is 5.72. The number of carbonyl (C=O) groups is 2. The van der Waals surface area contributed by atoms with Crippen molar-refractivity contribution in [3.8, 4) is 0 Å². The molecule has 1 saturated heterocycles. The van der Waals surface area contributed by atoms with Gasteiger partial charge in [-0.1, -0.05) is 30.3 Å². The van der Waals surface area contributed by atoms with Crippen molar-refractivity contribution in [2.75, 3.05) is 29.9 Å². The smallest absolute Gasteiger partial charge is 0.231 e. The van der Waals surface area contributed by atoms with E-state index < -0.39 is 0 Å². The maximum Gasteiger partial charge on any atom is 0.231 e. The Morgan fingerprint density at radius 1 is 1.04 bits per heavy atom. The van der Waals surface area contributed by atoms with Crippen molar-refractivity contribution >= 4 is 23.2 Å². The minimum Gasteiger partial charge on any atom is -0.326 e. The summed E-state index contributed by atoms with van der Waals surface area (Å²) in [5, 5.41) is 6.28. The highest BCUT2D eigenvalue weighted by molar-refractivity contribution is 5.96. The fourth-order valence-electron chi connectivity index (χ4n) is 4.10. The number of fused-ring (bicyclic) bond motifs is 1. The molecule has 4 rings (SSSR count). The van der Waals surface area contributed by atoms with Gasteiger partial charge in [0.1, 0.15) is 0 Å². The molecule has 2 aliphatic rings. The highest BCUT2D eigenvalue weighted by Crippen LogP contribution is 2.27. The normalized spacial score (nSPS) is 17.1. The average Bonchev–Trinajstić information content (AvgIpc) is 2.75. The molecule has 146 valence electrons. The zero-order chi connectivity index (χ0) is 19.3. The lowest BCUT2D eigenvalue weighted by Crippen LogP contribution is -2.36. The van der Waals surface area contributed by atoms with Crippen LogP contribution in [0.15, 0.2) is 48.5 Å². The topological polar surface area (TPSA) is 61.4 Å². The van der Waals surface area contributed by atoms with Crippen LogP contribution in [0.25, 0.3) is 0 Å². The number of benzene rings is 2. The first kappa shape index (κ1) is 18.7. The molecule has 0 aromatic heterocycles. The van der Waals surface area contributed by atoms with Crippen molar-refractivity contribution in [3.05, 3.63) is 59.7 Å². The van der Waals surface area contributed by atoms with Crippen molar-refractivity contribution in [1.29, 1.82) is 0 Å². The molecule has 0 spiro atoms. The van der Waals surface area contributed by atoms with Gasteiger partial charge in [0, 0.05) is 23.8 Å². The van der Waals surface area contributed by atoms with E-state index in [-0.39, 0.29) is 17.7 Å². The molecule has 5 nitrogen and oxygen atoms in total. The van der Waals surface area contributed by atoms with Crippen LogP contribution in [-0.4, -0.2) is 31.4 Å². The first-order chi connectivity index (χ1) is 13.7. The lowest BCUT2D eigenvalue weighted by atomic mass is 9.97. The standard InChI is InChI=1S/C23H27N3O2/c27-22(26-15-3-5-18-4-1-2-6-21(18)26)16-17-7-9-20(10-8-17)25-23(28)19-11-13-24-14-12-19/h1-2,4,6-10,19,24H,3,5,11-16H2,(H,25,28). The van der Waals surface area contributed by atoms with Crippen LogP contribution in [0.5, 0.6) is 0 Å². The lowest BCUT2D eigenvalue weighted by molar-refractivity contribution is -0.120. The number of anilines is 2. The van der Waals surface area contributed by atoms with Crippen LogP contribution < -0.4 is 15.5 Å². The van der Waals surface area contributed by atoms with Crippen LogP contribution in [0.2, 0.25) is 0 Å². The van der Waals surface area contributed by atoms with Gasteiger partial charge in [-0.05, 0) is 68.1 Å². The Morgan fingerprint density at radius 2 is 1.79 bits per heavy atom. The summed E-state index contributed by atoms with van der Waals surface area (Å²) in [5.41, 5.74) is 4.05. The van der Waals surface area contributed by atoms with E-state index in [9.17, 15) is 9.59 Å². The number of aryl methyl sites for hydroxylation is 1. The van der Waals surface area contributed by atoms with E-state index in [2.05, 4.69) is 16.7 Å². The quantitative estimate of drug-likeness (QED) is 0.860. The number of hydrogen-bond acceptors (Lipinski definition) is 3. The van der Waals surface area contributed by atoms with E-state index >= 15 is 0 Å². The third-order valence-electron chi connectivity index (χ3n) is 5.70. The summed E-state index contributed by atoms with van der Waals surface area (Å²) in [6.07, 6.45) is 4.18. The molecule has 2 aliphatic heterocycles. The first-order valence-corrected chi connectivity index (χ1v) is 10.2. The number of nitrogens with zero attached hydrogens (tertiary/aromatic N) is 1. The Bertz CT molecular complexity index is 841. The minimum absolute atomic E-state index is 0.0849. The van der Waals surface area contributed by atoms with Gasteiger partial charge in [0.05, 0.1) is 6.42 Å². The van der Waals surface area contributed by atoms with E-state index in [1.807, 2.05) is 47.4 Å². The number of nitrogens with one attached hydrogen (secondary N) is 2. The van der Waals surface area contributed by atoms with Crippen LogP contribution in [-0.2, 0) is 22.4 Å². The summed E-state index contributed by atoms with van der Waals surface area (Å²) in [6.45, 7) is 2.58. The van der Waals surface area contributed by atoms with E-state index in [0.717, 1.165) is 62.3 Å². The first-order valence-electron chi connectivity index (χ1n) is 10.2. The third-order valence-corrected chi connectivity index (χ3v) is 5.70. The summed E-state index contributed by atoms with van der Waals surface area (Å²) in [6, 6.07) is 15.8. The number of hydrogen-bond donors (Lipinski definition) is 2. The van der Waals surface area contributed by atoms with E-state index in [1.54, 1.807) is 0 Å². The van der Waals surface area contributed by atoms with E-state index in [4.69, 9.17) is 0 Å². The molecule has 5 heteroatoms. The van der Waals surface area contributed by atoms with Crippen LogP contribution in [0.4, 0.5) is 11.4 Å². The van der Waals surface area contributed by atoms with Gasteiger partial charge in [-0.2, -0.15) is 0 Å². The number of rotatable bonds is 4. The summed E-state index contributed by atoms with van der Waals surface area (Å²) in [7, 11) is 0. The fraction of sp³-hybridized carbons (Fsp3) is 0.391. The van der Waals surface area contributed by atoms with Crippen LogP contribution >= 0.6 is 0 Å². The van der Waals surface area contributed by atoms with Crippen LogP contribution in [0, 0.1) is 5.92 Å². The molecule has 2 amide bonds. The monoisotopic (exact) mass is 377 g/mol. The molecule has 28 heavy (non-hydrogen) atoms. The van der Waals surface area contributed by atoms with Crippen molar-refractivity contribution in [2.45, 2.75) is 32.1 Å². The largest absolute Gasteiger partial charge is 0.326 e. The summed E-state index contributed by atoms with van der Waals surface area (Å²) < 4.78 is 0. The molecule has 0 bridgehead atoms. The number of amides is 2. The van der Waals surface area contributed by atoms with Gasteiger partial charge < -0.3 is 15.5 Å². The molecule has 0 aliphatic carbocycles. The van der Waals surface area contributed by atoms with Gasteiger partial charge in [0.25, 0.3) is 0 Å². The molecule has 2 heterocycles. The van der Waals surface area contributed by atoms with Gasteiger partial charge in [-0.15, -0.1) is 0 Å².